The highest BCUT2D eigenvalue weighted by Gasteiger charge is 2.22. The Balaban J connectivity index is 2.48. The standard InChI is InChI=1S/C11H6N2O2/c14-8-3-4-9(15)11-10(8)12-6-7-2-1-5-13(7)11/h1-6H. The van der Waals surface area contributed by atoms with Crippen LogP contribution in [0.4, 0.5) is 0 Å². The Kier molecular flexibility index (Phi) is 1.42. The van der Waals surface area contributed by atoms with Gasteiger partial charge in [0.1, 0.15) is 11.4 Å². The van der Waals surface area contributed by atoms with Crippen LogP contribution in [0, 0.1) is 0 Å². The van der Waals surface area contributed by atoms with Crippen molar-refractivity contribution in [1.82, 2.24) is 9.38 Å². The van der Waals surface area contributed by atoms with Gasteiger partial charge >= 0.3 is 0 Å². The Morgan fingerprint density at radius 3 is 2.80 bits per heavy atom. The van der Waals surface area contributed by atoms with Crippen molar-refractivity contribution in [1.29, 1.82) is 0 Å². The second-order valence-electron chi connectivity index (χ2n) is 3.32. The summed E-state index contributed by atoms with van der Waals surface area (Å²) < 4.78 is 1.69. The maximum absolute atomic E-state index is 11.6. The van der Waals surface area contributed by atoms with Gasteiger partial charge < -0.3 is 4.40 Å². The Bertz CT molecular complexity index is 623. The van der Waals surface area contributed by atoms with Crippen LogP contribution in [0.2, 0.25) is 0 Å². The van der Waals surface area contributed by atoms with Crippen molar-refractivity contribution < 1.29 is 9.59 Å². The topological polar surface area (TPSA) is 51.4 Å². The van der Waals surface area contributed by atoms with E-state index in [9.17, 15) is 9.59 Å². The third-order valence-electron chi connectivity index (χ3n) is 2.42. The molecule has 1 aliphatic carbocycles. The minimum atomic E-state index is -0.222. The zero-order valence-electron chi connectivity index (χ0n) is 7.68. The first-order valence-electron chi connectivity index (χ1n) is 4.50. The summed E-state index contributed by atoms with van der Waals surface area (Å²) in [6.45, 7) is 0. The number of ketones is 2. The largest absolute Gasteiger partial charge is 0.310 e. The van der Waals surface area contributed by atoms with E-state index in [1.165, 1.54) is 12.2 Å². The molecular weight excluding hydrogens is 192 g/mol. The molecule has 0 amide bonds. The number of carbonyl (C=O) groups is 2. The summed E-state index contributed by atoms with van der Waals surface area (Å²) in [5, 5.41) is 0. The second-order valence-corrected chi connectivity index (χ2v) is 3.32. The predicted octanol–water partition coefficient (Wildman–Crippen LogP) is 1.27. The first kappa shape index (κ1) is 8.11. The average Bonchev–Trinajstić information content (AvgIpc) is 2.70. The number of carbonyl (C=O) groups excluding carboxylic acids is 2. The Morgan fingerprint density at radius 2 is 1.93 bits per heavy atom. The molecule has 3 rings (SSSR count). The summed E-state index contributed by atoms with van der Waals surface area (Å²) in [7, 11) is 0. The molecule has 0 spiro atoms. The van der Waals surface area contributed by atoms with Gasteiger partial charge in [0.25, 0.3) is 0 Å². The molecule has 0 bridgehead atoms. The van der Waals surface area contributed by atoms with Crippen molar-refractivity contribution in [2.45, 2.75) is 0 Å². The average molecular weight is 198 g/mol. The van der Waals surface area contributed by atoms with Gasteiger partial charge in [-0.3, -0.25) is 9.59 Å². The maximum Gasteiger partial charge on any atom is 0.206 e. The van der Waals surface area contributed by atoms with Gasteiger partial charge in [0, 0.05) is 6.20 Å². The minimum absolute atomic E-state index is 0.182. The highest BCUT2D eigenvalue weighted by Crippen LogP contribution is 2.17. The van der Waals surface area contributed by atoms with E-state index in [0.717, 1.165) is 5.52 Å². The molecule has 2 heterocycles. The second kappa shape index (κ2) is 2.63. The minimum Gasteiger partial charge on any atom is -0.310 e. The molecular formula is C11H6N2O2. The third kappa shape index (κ3) is 0.985. The highest BCUT2D eigenvalue weighted by molar-refractivity contribution is 6.20. The van der Waals surface area contributed by atoms with Gasteiger partial charge in [-0.25, -0.2) is 4.98 Å². The molecule has 0 saturated carbocycles. The molecule has 0 saturated heterocycles. The van der Waals surface area contributed by atoms with E-state index in [-0.39, 0.29) is 17.3 Å². The maximum atomic E-state index is 11.6. The molecule has 0 atom stereocenters. The summed E-state index contributed by atoms with van der Waals surface area (Å²) >= 11 is 0. The molecule has 1 aliphatic rings. The van der Waals surface area contributed by atoms with Crippen molar-refractivity contribution in [2.75, 3.05) is 0 Å². The van der Waals surface area contributed by atoms with Gasteiger partial charge in [-0.2, -0.15) is 0 Å². The van der Waals surface area contributed by atoms with E-state index in [2.05, 4.69) is 4.98 Å². The number of fused-ring (bicyclic) bond motifs is 3. The van der Waals surface area contributed by atoms with Gasteiger partial charge in [-0.05, 0) is 24.3 Å². The molecule has 0 unspecified atom stereocenters. The lowest BCUT2D eigenvalue weighted by Gasteiger charge is -2.09. The van der Waals surface area contributed by atoms with Crippen LogP contribution < -0.4 is 0 Å². The smallest absolute Gasteiger partial charge is 0.206 e. The van der Waals surface area contributed by atoms with Gasteiger partial charge in [-0.15, -0.1) is 0 Å². The quantitative estimate of drug-likeness (QED) is 0.640. The number of allylic oxidation sites excluding steroid dienone is 2. The van der Waals surface area contributed by atoms with Gasteiger partial charge in [0.2, 0.25) is 11.6 Å². The molecule has 72 valence electrons. The molecule has 4 heteroatoms. The summed E-state index contributed by atoms with van der Waals surface area (Å²) in [6.07, 6.45) is 5.88. The molecule has 0 N–H and O–H groups in total. The van der Waals surface area contributed by atoms with E-state index < -0.39 is 0 Å². The molecule has 0 aromatic carbocycles. The van der Waals surface area contributed by atoms with E-state index in [1.54, 1.807) is 16.8 Å². The molecule has 15 heavy (non-hydrogen) atoms. The van der Waals surface area contributed by atoms with Crippen LogP contribution in [0.3, 0.4) is 0 Å². The lowest BCUT2D eigenvalue weighted by Crippen LogP contribution is -2.17. The Hall–Kier alpha value is -2.23. The Morgan fingerprint density at radius 1 is 1.13 bits per heavy atom. The summed E-state index contributed by atoms with van der Waals surface area (Å²) in [4.78, 5) is 27.1. The van der Waals surface area contributed by atoms with E-state index >= 15 is 0 Å². The number of hydrogen-bond donors (Lipinski definition) is 0. The summed E-state index contributed by atoms with van der Waals surface area (Å²) in [5.41, 5.74) is 1.39. The van der Waals surface area contributed by atoms with Crippen LogP contribution in [0.5, 0.6) is 0 Å². The first-order chi connectivity index (χ1) is 7.27. The third-order valence-corrected chi connectivity index (χ3v) is 2.42. The Labute approximate surface area is 84.9 Å². The van der Waals surface area contributed by atoms with Crippen molar-refractivity contribution >= 4 is 17.1 Å². The number of hydrogen-bond acceptors (Lipinski definition) is 3. The zero-order chi connectivity index (χ0) is 10.4. The first-order valence-corrected chi connectivity index (χ1v) is 4.50. The van der Waals surface area contributed by atoms with E-state index in [4.69, 9.17) is 0 Å². The van der Waals surface area contributed by atoms with Crippen molar-refractivity contribution in [3.05, 3.63) is 48.1 Å². The number of nitrogens with zero attached hydrogens (tertiary/aromatic N) is 2. The molecule has 0 fully saturated rings. The fourth-order valence-corrected chi connectivity index (χ4v) is 1.73. The van der Waals surface area contributed by atoms with Crippen LogP contribution in [-0.4, -0.2) is 21.0 Å². The van der Waals surface area contributed by atoms with Crippen LogP contribution in [0.1, 0.15) is 21.0 Å². The van der Waals surface area contributed by atoms with Crippen LogP contribution in [0.25, 0.3) is 5.52 Å². The van der Waals surface area contributed by atoms with Gasteiger partial charge in [-0.1, -0.05) is 0 Å². The van der Waals surface area contributed by atoms with Gasteiger partial charge in [0.15, 0.2) is 0 Å². The lowest BCUT2D eigenvalue weighted by atomic mass is 10.1. The van der Waals surface area contributed by atoms with Crippen molar-refractivity contribution in [2.24, 2.45) is 0 Å². The molecule has 2 aromatic heterocycles. The number of aromatic nitrogens is 2. The van der Waals surface area contributed by atoms with Crippen LogP contribution >= 0.6 is 0 Å². The fourth-order valence-electron chi connectivity index (χ4n) is 1.73. The highest BCUT2D eigenvalue weighted by atomic mass is 16.1. The lowest BCUT2D eigenvalue weighted by molar-refractivity contribution is 0.0985. The van der Waals surface area contributed by atoms with Gasteiger partial charge in [0.05, 0.1) is 11.7 Å². The molecule has 0 radical (unpaired) electrons. The number of rotatable bonds is 0. The van der Waals surface area contributed by atoms with Crippen LogP contribution in [-0.2, 0) is 0 Å². The SMILES string of the molecule is O=C1C=CC(=O)c2c1ncc1cccn21. The van der Waals surface area contributed by atoms with Crippen LogP contribution in [0.15, 0.2) is 36.7 Å². The molecule has 2 aromatic rings. The molecule has 4 nitrogen and oxygen atoms in total. The summed E-state index contributed by atoms with van der Waals surface area (Å²) in [5.74, 6) is -0.404. The van der Waals surface area contributed by atoms with E-state index in [1.807, 2.05) is 12.1 Å². The van der Waals surface area contributed by atoms with Crippen molar-refractivity contribution in [3.8, 4) is 0 Å². The monoisotopic (exact) mass is 198 g/mol. The fraction of sp³-hybridized carbons (Fsp3) is 0. The van der Waals surface area contributed by atoms with Crippen molar-refractivity contribution in [3.63, 3.8) is 0 Å². The molecule has 0 aliphatic heterocycles. The van der Waals surface area contributed by atoms with E-state index in [0.29, 0.717) is 5.69 Å². The normalized spacial score (nSPS) is 14.7. The zero-order valence-corrected chi connectivity index (χ0v) is 7.68. The summed E-state index contributed by atoms with van der Waals surface area (Å²) in [6, 6.07) is 3.65. The predicted molar refractivity (Wildman–Crippen MR) is 53.0 cm³/mol.